The van der Waals surface area contributed by atoms with E-state index in [-0.39, 0.29) is 5.13 Å². The van der Waals surface area contributed by atoms with Crippen molar-refractivity contribution in [2.75, 3.05) is 23.3 Å². The molecular formula is C21H22N6O2S. The van der Waals surface area contributed by atoms with E-state index in [4.69, 9.17) is 0 Å². The number of anilines is 2. The van der Waals surface area contributed by atoms with Gasteiger partial charge in [0.1, 0.15) is 5.01 Å². The van der Waals surface area contributed by atoms with E-state index in [9.17, 15) is 9.59 Å². The Morgan fingerprint density at radius 1 is 1.00 bits per heavy atom. The van der Waals surface area contributed by atoms with Crippen molar-refractivity contribution in [3.8, 4) is 10.6 Å². The van der Waals surface area contributed by atoms with Crippen LogP contribution in [0.5, 0.6) is 0 Å². The average molecular weight is 423 g/mol. The van der Waals surface area contributed by atoms with E-state index in [2.05, 4.69) is 44.8 Å². The fourth-order valence-corrected chi connectivity index (χ4v) is 3.45. The Hall–Kier alpha value is -3.59. The molecule has 8 nitrogen and oxygen atoms in total. The Bertz CT molecular complexity index is 1010. The zero-order valence-electron chi connectivity index (χ0n) is 16.7. The van der Waals surface area contributed by atoms with Gasteiger partial charge in [0.05, 0.1) is 6.21 Å². The third-order valence-corrected chi connectivity index (χ3v) is 5.16. The monoisotopic (exact) mass is 422 g/mol. The molecule has 2 amide bonds. The molecule has 0 saturated heterocycles. The number of hydrazone groups is 1. The predicted octanol–water partition coefficient (Wildman–Crippen LogP) is 3.14. The number of carbonyl (C=O) groups excluding carboxylic acids is 2. The lowest BCUT2D eigenvalue weighted by Gasteiger charge is -2.20. The number of hydrogen-bond acceptors (Lipinski definition) is 7. The summed E-state index contributed by atoms with van der Waals surface area (Å²) in [7, 11) is 0. The van der Waals surface area contributed by atoms with Crippen LogP contribution in [0.15, 0.2) is 59.7 Å². The number of hydrogen-bond donors (Lipinski definition) is 2. The smallest absolute Gasteiger partial charge is 0.329 e. The topological polar surface area (TPSA) is 99.6 Å². The van der Waals surface area contributed by atoms with Crippen LogP contribution in [0.25, 0.3) is 10.6 Å². The Balaban J connectivity index is 1.52. The van der Waals surface area contributed by atoms with E-state index in [1.165, 1.54) is 17.6 Å². The number of nitrogens with one attached hydrogen (secondary N) is 2. The van der Waals surface area contributed by atoms with Gasteiger partial charge in [-0.15, -0.1) is 10.2 Å². The van der Waals surface area contributed by atoms with E-state index in [0.29, 0.717) is 5.01 Å². The predicted molar refractivity (Wildman–Crippen MR) is 120 cm³/mol. The van der Waals surface area contributed by atoms with Crippen molar-refractivity contribution in [1.29, 1.82) is 0 Å². The summed E-state index contributed by atoms with van der Waals surface area (Å²) in [5, 5.41) is 15.1. The molecule has 0 spiro atoms. The van der Waals surface area contributed by atoms with Crippen molar-refractivity contribution >= 4 is 40.2 Å². The minimum absolute atomic E-state index is 0.241. The maximum Gasteiger partial charge on any atom is 0.329 e. The molecule has 154 valence electrons. The zero-order valence-corrected chi connectivity index (χ0v) is 17.5. The van der Waals surface area contributed by atoms with Gasteiger partial charge in [-0.05, 0) is 31.5 Å². The lowest BCUT2D eigenvalue weighted by molar-refractivity contribution is -0.136. The fraction of sp³-hybridized carbons (Fsp3) is 0.190. The van der Waals surface area contributed by atoms with Crippen LogP contribution in [0.3, 0.4) is 0 Å². The largest absolute Gasteiger partial charge is 0.372 e. The van der Waals surface area contributed by atoms with Gasteiger partial charge >= 0.3 is 11.8 Å². The lowest BCUT2D eigenvalue weighted by atomic mass is 10.2. The summed E-state index contributed by atoms with van der Waals surface area (Å²) in [6.07, 6.45) is 1.48. The van der Waals surface area contributed by atoms with Gasteiger partial charge in [-0.25, -0.2) is 5.43 Å². The number of nitrogens with zero attached hydrogens (tertiary/aromatic N) is 4. The highest BCUT2D eigenvalue weighted by Gasteiger charge is 2.16. The molecule has 0 aliphatic rings. The summed E-state index contributed by atoms with van der Waals surface area (Å²) in [4.78, 5) is 26.2. The van der Waals surface area contributed by atoms with Crippen molar-refractivity contribution in [2.45, 2.75) is 13.8 Å². The number of benzene rings is 2. The first kappa shape index (κ1) is 21.1. The van der Waals surface area contributed by atoms with E-state index in [0.717, 1.165) is 29.9 Å². The van der Waals surface area contributed by atoms with E-state index < -0.39 is 11.8 Å². The molecular weight excluding hydrogens is 400 g/mol. The average Bonchev–Trinajstić information content (AvgIpc) is 3.24. The number of amides is 2. The maximum absolute atomic E-state index is 12.0. The number of aromatic nitrogens is 2. The molecule has 0 fully saturated rings. The Morgan fingerprint density at radius 2 is 1.70 bits per heavy atom. The van der Waals surface area contributed by atoms with E-state index in [1.807, 2.05) is 54.6 Å². The van der Waals surface area contributed by atoms with Gasteiger partial charge in [0.15, 0.2) is 0 Å². The van der Waals surface area contributed by atoms with Crippen LogP contribution in [0, 0.1) is 0 Å². The van der Waals surface area contributed by atoms with Gasteiger partial charge in [0.2, 0.25) is 5.13 Å². The minimum atomic E-state index is -0.887. The molecule has 2 N–H and O–H groups in total. The molecule has 1 heterocycles. The third-order valence-electron chi connectivity index (χ3n) is 4.27. The molecule has 0 saturated carbocycles. The maximum atomic E-state index is 12.0. The summed E-state index contributed by atoms with van der Waals surface area (Å²) >= 11 is 1.18. The van der Waals surface area contributed by atoms with Crippen molar-refractivity contribution in [2.24, 2.45) is 5.10 Å². The summed E-state index contributed by atoms with van der Waals surface area (Å²) in [5.41, 5.74) is 5.03. The fourth-order valence-electron chi connectivity index (χ4n) is 2.70. The van der Waals surface area contributed by atoms with Crippen molar-refractivity contribution in [1.82, 2.24) is 15.6 Å². The molecule has 0 aliphatic carbocycles. The van der Waals surface area contributed by atoms with Crippen molar-refractivity contribution in [3.63, 3.8) is 0 Å². The standard InChI is InChI=1S/C21H22N6O2S/c1-3-27(4-2)17-12-10-15(11-13-17)14-22-24-19(29)18(28)23-21-26-25-20(30-21)16-8-6-5-7-9-16/h5-14H,3-4H2,1-2H3,(H,24,29)(H,23,26,28)/b22-14+. The molecule has 30 heavy (non-hydrogen) atoms. The van der Waals surface area contributed by atoms with E-state index in [1.54, 1.807) is 0 Å². The van der Waals surface area contributed by atoms with Gasteiger partial charge in [-0.2, -0.15) is 5.10 Å². The molecule has 0 atom stereocenters. The summed E-state index contributed by atoms with van der Waals surface area (Å²) in [6, 6.07) is 17.2. The Kier molecular flexibility index (Phi) is 7.23. The zero-order chi connectivity index (χ0) is 21.3. The van der Waals surface area contributed by atoms with Crippen LogP contribution >= 0.6 is 11.3 Å². The van der Waals surface area contributed by atoms with Crippen LogP contribution in [0.1, 0.15) is 19.4 Å². The SMILES string of the molecule is CCN(CC)c1ccc(/C=N/NC(=O)C(=O)Nc2nnc(-c3ccccc3)s2)cc1. The minimum Gasteiger partial charge on any atom is -0.372 e. The van der Waals surface area contributed by atoms with Gasteiger partial charge in [-0.1, -0.05) is 53.8 Å². The van der Waals surface area contributed by atoms with Crippen LogP contribution in [-0.2, 0) is 9.59 Å². The normalized spacial score (nSPS) is 10.7. The summed E-state index contributed by atoms with van der Waals surface area (Å²) in [5.74, 6) is -1.75. The highest BCUT2D eigenvalue weighted by Crippen LogP contribution is 2.25. The highest BCUT2D eigenvalue weighted by molar-refractivity contribution is 7.18. The lowest BCUT2D eigenvalue weighted by Crippen LogP contribution is -2.32. The number of rotatable bonds is 7. The summed E-state index contributed by atoms with van der Waals surface area (Å²) < 4.78 is 0. The van der Waals surface area contributed by atoms with Gasteiger partial charge in [-0.3, -0.25) is 14.9 Å². The van der Waals surface area contributed by atoms with Crippen molar-refractivity contribution in [3.05, 3.63) is 60.2 Å². The molecule has 0 unspecified atom stereocenters. The molecule has 9 heteroatoms. The molecule has 0 bridgehead atoms. The Labute approximate surface area is 178 Å². The first-order chi connectivity index (χ1) is 14.6. The van der Waals surface area contributed by atoms with Gasteiger partial charge < -0.3 is 4.90 Å². The molecule has 0 radical (unpaired) electrons. The second-order valence-electron chi connectivity index (χ2n) is 6.20. The molecule has 3 rings (SSSR count). The second kappa shape index (κ2) is 10.3. The number of carbonyl (C=O) groups is 2. The van der Waals surface area contributed by atoms with Gasteiger partial charge in [0, 0.05) is 24.3 Å². The van der Waals surface area contributed by atoms with E-state index >= 15 is 0 Å². The summed E-state index contributed by atoms with van der Waals surface area (Å²) in [6.45, 7) is 6.06. The first-order valence-corrected chi connectivity index (χ1v) is 10.3. The first-order valence-electron chi connectivity index (χ1n) is 9.49. The molecule has 1 aromatic heterocycles. The quantitative estimate of drug-likeness (QED) is 0.346. The second-order valence-corrected chi connectivity index (χ2v) is 7.17. The molecule has 2 aromatic carbocycles. The molecule has 3 aromatic rings. The van der Waals surface area contributed by atoms with Crippen LogP contribution in [0.2, 0.25) is 0 Å². The van der Waals surface area contributed by atoms with Crippen LogP contribution in [0.4, 0.5) is 10.8 Å². The molecule has 0 aliphatic heterocycles. The van der Waals surface area contributed by atoms with Crippen molar-refractivity contribution < 1.29 is 9.59 Å². The van der Waals surface area contributed by atoms with Gasteiger partial charge in [0.25, 0.3) is 0 Å². The van der Waals surface area contributed by atoms with Crippen LogP contribution in [-0.4, -0.2) is 41.3 Å². The Morgan fingerprint density at radius 3 is 2.37 bits per heavy atom. The highest BCUT2D eigenvalue weighted by atomic mass is 32.1. The third kappa shape index (κ3) is 5.48. The van der Waals surface area contributed by atoms with Crippen LogP contribution < -0.4 is 15.6 Å².